The molecule has 0 saturated carbocycles. The van der Waals surface area contributed by atoms with Crippen LogP contribution in [0.4, 0.5) is 5.69 Å². The van der Waals surface area contributed by atoms with Gasteiger partial charge in [-0.2, -0.15) is 5.10 Å². The molecule has 8 nitrogen and oxygen atoms in total. The van der Waals surface area contributed by atoms with Crippen molar-refractivity contribution in [2.45, 2.75) is 44.8 Å². The second-order valence-corrected chi connectivity index (χ2v) is 9.82. The third-order valence-corrected chi connectivity index (χ3v) is 7.49. The lowest BCUT2D eigenvalue weighted by molar-refractivity contribution is -0.133. The van der Waals surface area contributed by atoms with Gasteiger partial charge in [0.1, 0.15) is 12.3 Å². The van der Waals surface area contributed by atoms with Crippen molar-refractivity contribution >= 4 is 40.2 Å². The average Bonchev–Trinajstić information content (AvgIpc) is 3.55. The standard InChI is InChI=1S/C23H25ClN6O2S/c1-14-10-26-30(11-14)12-21(31)29-7-5-15(6-8-29)23-27-19(13-33-23)18-9-20(32-28-18)22-16(24)3-2-4-17(22)25/h2-4,10-11,13,15,20H,5-9,12,25H2,1H3. The van der Waals surface area contributed by atoms with E-state index in [0.717, 1.165) is 53.5 Å². The highest BCUT2D eigenvalue weighted by molar-refractivity contribution is 7.10. The summed E-state index contributed by atoms with van der Waals surface area (Å²) in [6.45, 7) is 3.72. The van der Waals surface area contributed by atoms with E-state index in [1.807, 2.05) is 41.6 Å². The molecule has 2 aliphatic rings. The Morgan fingerprint density at radius 2 is 2.15 bits per heavy atom. The van der Waals surface area contributed by atoms with E-state index in [1.165, 1.54) is 0 Å². The molecule has 5 rings (SSSR count). The molecular weight excluding hydrogens is 460 g/mol. The number of oxime groups is 1. The molecule has 1 unspecified atom stereocenters. The van der Waals surface area contributed by atoms with E-state index in [1.54, 1.807) is 22.2 Å². The molecule has 0 radical (unpaired) electrons. The SMILES string of the molecule is Cc1cnn(CC(=O)N2CCC(c3nc(C4=NOC(c5c(N)cccc5Cl)C4)cs3)CC2)c1. The number of thiazole rings is 1. The van der Waals surface area contributed by atoms with Crippen LogP contribution in [0.5, 0.6) is 0 Å². The van der Waals surface area contributed by atoms with Crippen molar-refractivity contribution in [1.29, 1.82) is 0 Å². The van der Waals surface area contributed by atoms with Crippen LogP contribution in [0.2, 0.25) is 5.02 Å². The highest BCUT2D eigenvalue weighted by atomic mass is 35.5. The molecule has 172 valence electrons. The summed E-state index contributed by atoms with van der Waals surface area (Å²) in [5, 5.41) is 12.2. The molecule has 4 heterocycles. The van der Waals surface area contributed by atoms with E-state index in [-0.39, 0.29) is 18.6 Å². The first-order valence-corrected chi connectivity index (χ1v) is 12.2. The number of aromatic nitrogens is 3. The molecule has 1 atom stereocenters. The molecule has 2 N–H and O–H groups in total. The summed E-state index contributed by atoms with van der Waals surface area (Å²) in [5.41, 5.74) is 10.2. The van der Waals surface area contributed by atoms with Crippen LogP contribution in [0.25, 0.3) is 0 Å². The Kier molecular flexibility index (Phi) is 6.07. The summed E-state index contributed by atoms with van der Waals surface area (Å²) in [6.07, 6.45) is 5.74. The van der Waals surface area contributed by atoms with Crippen LogP contribution in [0, 0.1) is 6.92 Å². The van der Waals surface area contributed by atoms with Crippen LogP contribution >= 0.6 is 22.9 Å². The average molecular weight is 485 g/mol. The van der Waals surface area contributed by atoms with Gasteiger partial charge in [0.2, 0.25) is 5.91 Å². The number of amides is 1. The monoisotopic (exact) mass is 484 g/mol. The Morgan fingerprint density at radius 1 is 1.33 bits per heavy atom. The second kappa shape index (κ2) is 9.15. The quantitative estimate of drug-likeness (QED) is 0.548. The Bertz CT molecular complexity index is 1180. The van der Waals surface area contributed by atoms with Gasteiger partial charge in [-0.05, 0) is 37.5 Å². The first kappa shape index (κ1) is 21.9. The van der Waals surface area contributed by atoms with Crippen molar-refractivity contribution in [3.05, 3.63) is 62.8 Å². The minimum Gasteiger partial charge on any atom is -0.398 e. The molecular formula is C23H25ClN6O2S. The van der Waals surface area contributed by atoms with Crippen LogP contribution in [-0.2, 0) is 16.2 Å². The predicted octanol–water partition coefficient (Wildman–Crippen LogP) is 4.16. The molecule has 0 spiro atoms. The van der Waals surface area contributed by atoms with Crippen molar-refractivity contribution in [1.82, 2.24) is 19.7 Å². The normalized spacial score (nSPS) is 18.9. The van der Waals surface area contributed by atoms with Gasteiger partial charge in [-0.3, -0.25) is 9.48 Å². The van der Waals surface area contributed by atoms with Crippen molar-refractivity contribution in [2.24, 2.45) is 5.16 Å². The van der Waals surface area contributed by atoms with E-state index < -0.39 is 0 Å². The molecule has 3 aromatic rings. The van der Waals surface area contributed by atoms with E-state index in [4.69, 9.17) is 27.2 Å². The van der Waals surface area contributed by atoms with Crippen LogP contribution in [0.3, 0.4) is 0 Å². The van der Waals surface area contributed by atoms with Gasteiger partial charge in [-0.1, -0.05) is 22.8 Å². The first-order valence-electron chi connectivity index (χ1n) is 11.0. The maximum atomic E-state index is 12.6. The minimum absolute atomic E-state index is 0.110. The number of carbonyl (C=O) groups is 1. The van der Waals surface area contributed by atoms with Gasteiger partial charge in [0.15, 0.2) is 6.10 Å². The minimum atomic E-state index is -0.299. The summed E-state index contributed by atoms with van der Waals surface area (Å²) in [7, 11) is 0. The van der Waals surface area contributed by atoms with Crippen molar-refractivity contribution in [2.75, 3.05) is 18.8 Å². The highest BCUT2D eigenvalue weighted by Gasteiger charge is 2.30. The fourth-order valence-electron chi connectivity index (χ4n) is 4.35. The smallest absolute Gasteiger partial charge is 0.244 e. The van der Waals surface area contributed by atoms with Crippen molar-refractivity contribution in [3.8, 4) is 0 Å². The molecule has 2 aliphatic heterocycles. The predicted molar refractivity (Wildman–Crippen MR) is 128 cm³/mol. The van der Waals surface area contributed by atoms with Gasteiger partial charge in [-0.15, -0.1) is 11.3 Å². The molecule has 2 aromatic heterocycles. The fourth-order valence-corrected chi connectivity index (χ4v) is 5.66. The number of likely N-dealkylation sites (tertiary alicyclic amines) is 1. The van der Waals surface area contributed by atoms with E-state index in [0.29, 0.717) is 23.0 Å². The van der Waals surface area contributed by atoms with Crippen LogP contribution in [-0.4, -0.2) is 44.4 Å². The number of nitrogen functional groups attached to an aromatic ring is 1. The van der Waals surface area contributed by atoms with Gasteiger partial charge in [-0.25, -0.2) is 4.98 Å². The Labute approximate surface area is 201 Å². The number of nitrogens with two attached hydrogens (primary N) is 1. The van der Waals surface area contributed by atoms with Gasteiger partial charge in [0.25, 0.3) is 0 Å². The van der Waals surface area contributed by atoms with Crippen LogP contribution in [0.15, 0.2) is 41.1 Å². The number of carbonyl (C=O) groups excluding carboxylic acids is 1. The summed E-state index contributed by atoms with van der Waals surface area (Å²) in [6, 6.07) is 5.45. The molecule has 1 fully saturated rings. The number of rotatable bonds is 5. The Hall–Kier alpha value is -2.91. The number of nitrogens with zero attached hydrogens (tertiary/aromatic N) is 5. The van der Waals surface area contributed by atoms with Crippen molar-refractivity contribution < 1.29 is 9.63 Å². The molecule has 1 saturated heterocycles. The third-order valence-electron chi connectivity index (χ3n) is 6.15. The number of benzene rings is 1. The fraction of sp³-hybridized carbons (Fsp3) is 0.391. The zero-order chi connectivity index (χ0) is 22.9. The summed E-state index contributed by atoms with van der Waals surface area (Å²) in [4.78, 5) is 25.0. The lowest BCUT2D eigenvalue weighted by atomic mass is 9.97. The zero-order valence-electron chi connectivity index (χ0n) is 18.3. The van der Waals surface area contributed by atoms with Gasteiger partial charge in [0.05, 0.1) is 16.9 Å². The number of anilines is 1. The third kappa shape index (κ3) is 4.60. The van der Waals surface area contributed by atoms with Gasteiger partial charge < -0.3 is 15.5 Å². The molecule has 0 aliphatic carbocycles. The number of hydrogen-bond donors (Lipinski definition) is 1. The van der Waals surface area contributed by atoms with Crippen molar-refractivity contribution in [3.63, 3.8) is 0 Å². The van der Waals surface area contributed by atoms with Crippen LogP contribution < -0.4 is 5.73 Å². The van der Waals surface area contributed by atoms with E-state index in [9.17, 15) is 4.79 Å². The molecule has 0 bridgehead atoms. The zero-order valence-corrected chi connectivity index (χ0v) is 19.8. The maximum absolute atomic E-state index is 12.6. The number of hydrogen-bond acceptors (Lipinski definition) is 7. The summed E-state index contributed by atoms with van der Waals surface area (Å²) < 4.78 is 1.70. The molecule has 1 amide bonds. The largest absolute Gasteiger partial charge is 0.398 e. The topological polar surface area (TPSA) is 98.6 Å². The molecule has 33 heavy (non-hydrogen) atoms. The van der Waals surface area contributed by atoms with Gasteiger partial charge in [0, 0.05) is 53.3 Å². The molecule has 10 heteroatoms. The van der Waals surface area contributed by atoms with Crippen LogP contribution in [0.1, 0.15) is 53.1 Å². The Balaban J connectivity index is 1.18. The first-order chi connectivity index (χ1) is 16.0. The second-order valence-electron chi connectivity index (χ2n) is 8.52. The van der Waals surface area contributed by atoms with Gasteiger partial charge >= 0.3 is 0 Å². The summed E-state index contributed by atoms with van der Waals surface area (Å²) >= 11 is 7.98. The van der Waals surface area contributed by atoms with E-state index in [2.05, 4.69) is 10.3 Å². The highest BCUT2D eigenvalue weighted by Crippen LogP contribution is 2.38. The van der Waals surface area contributed by atoms with E-state index >= 15 is 0 Å². The number of halogens is 1. The maximum Gasteiger partial charge on any atom is 0.244 e. The number of aryl methyl sites for hydroxylation is 1. The lowest BCUT2D eigenvalue weighted by Crippen LogP contribution is -2.39. The lowest BCUT2D eigenvalue weighted by Gasteiger charge is -2.31. The summed E-state index contributed by atoms with van der Waals surface area (Å²) in [5.74, 6) is 0.455. The molecule has 1 aromatic carbocycles. The number of piperidine rings is 1. The Morgan fingerprint density at radius 3 is 2.88 bits per heavy atom.